The number of hydrogen-bond acceptors (Lipinski definition) is 3. The van der Waals surface area contributed by atoms with E-state index in [9.17, 15) is 9.90 Å². The quantitative estimate of drug-likeness (QED) is 0.907. The minimum atomic E-state index is -0.922. The Morgan fingerprint density at radius 2 is 1.95 bits per heavy atom. The average molecular weight is 284 g/mol. The lowest BCUT2D eigenvalue weighted by atomic mass is 10.1. The summed E-state index contributed by atoms with van der Waals surface area (Å²) in [5, 5.41) is 9.26. The van der Waals surface area contributed by atoms with Crippen molar-refractivity contribution in [2.24, 2.45) is 0 Å². The molecule has 1 N–H and O–H groups in total. The highest BCUT2D eigenvalue weighted by atomic mass is 16.4. The Bertz CT molecular complexity index is 653. The van der Waals surface area contributed by atoms with Gasteiger partial charge in [0.15, 0.2) is 0 Å². The fourth-order valence-electron chi connectivity index (χ4n) is 2.34. The van der Waals surface area contributed by atoms with Gasteiger partial charge in [0.05, 0.1) is 5.56 Å². The first-order valence-electron chi connectivity index (χ1n) is 7.14. The number of carboxylic acids is 1. The fourth-order valence-corrected chi connectivity index (χ4v) is 2.34. The van der Waals surface area contributed by atoms with E-state index in [2.05, 4.69) is 4.98 Å². The number of pyridine rings is 1. The molecule has 4 nitrogen and oxygen atoms in total. The number of aromatic nitrogens is 1. The molecule has 0 bridgehead atoms. The van der Waals surface area contributed by atoms with Crippen LogP contribution in [0.4, 0.5) is 11.5 Å². The van der Waals surface area contributed by atoms with E-state index >= 15 is 0 Å². The van der Waals surface area contributed by atoms with E-state index in [1.165, 1.54) is 0 Å². The number of aromatic carboxylic acids is 1. The number of aryl methyl sites for hydroxylation is 2. The first kappa shape index (κ1) is 15.0. The summed E-state index contributed by atoms with van der Waals surface area (Å²) in [7, 11) is 0. The topological polar surface area (TPSA) is 53.4 Å². The maximum Gasteiger partial charge on any atom is 0.335 e. The first-order chi connectivity index (χ1) is 10.1. The normalized spacial score (nSPS) is 10.4. The maximum atomic E-state index is 11.3. The van der Waals surface area contributed by atoms with Crippen molar-refractivity contribution in [2.75, 3.05) is 11.4 Å². The van der Waals surface area contributed by atoms with E-state index in [4.69, 9.17) is 0 Å². The van der Waals surface area contributed by atoms with Crippen LogP contribution in [0.3, 0.4) is 0 Å². The number of carboxylic acid groups (broad SMARTS) is 1. The third-order valence-corrected chi connectivity index (χ3v) is 3.47. The Labute approximate surface area is 125 Å². The molecular formula is C17H20N2O2. The van der Waals surface area contributed by atoms with Gasteiger partial charge in [-0.05, 0) is 44.0 Å². The van der Waals surface area contributed by atoms with Crippen LogP contribution < -0.4 is 4.90 Å². The van der Waals surface area contributed by atoms with E-state index in [1.54, 1.807) is 12.1 Å². The number of nitrogens with zero attached hydrogens (tertiary/aromatic N) is 2. The summed E-state index contributed by atoms with van der Waals surface area (Å²) < 4.78 is 0. The number of rotatable bonds is 5. The van der Waals surface area contributed by atoms with Gasteiger partial charge in [0.25, 0.3) is 0 Å². The predicted molar refractivity (Wildman–Crippen MR) is 84.4 cm³/mol. The molecule has 0 aliphatic carbocycles. The van der Waals surface area contributed by atoms with Crippen molar-refractivity contribution in [1.29, 1.82) is 0 Å². The van der Waals surface area contributed by atoms with Crippen molar-refractivity contribution in [3.63, 3.8) is 0 Å². The number of carbonyl (C=O) groups is 1. The molecule has 4 heteroatoms. The SMILES string of the molecule is CCc1cc(C(=O)O)cc(N(CC)c2ccccc2C)n1. The zero-order valence-electron chi connectivity index (χ0n) is 12.6. The van der Waals surface area contributed by atoms with Gasteiger partial charge in [-0.3, -0.25) is 0 Å². The first-order valence-corrected chi connectivity index (χ1v) is 7.14. The molecule has 1 aromatic carbocycles. The Kier molecular flexibility index (Phi) is 4.58. The minimum Gasteiger partial charge on any atom is -0.478 e. The Morgan fingerprint density at radius 3 is 2.52 bits per heavy atom. The number of para-hydroxylation sites is 1. The minimum absolute atomic E-state index is 0.281. The van der Waals surface area contributed by atoms with Gasteiger partial charge in [0, 0.05) is 17.9 Å². The second-order valence-corrected chi connectivity index (χ2v) is 4.89. The zero-order valence-corrected chi connectivity index (χ0v) is 12.6. The predicted octanol–water partition coefficient (Wildman–Crippen LogP) is 3.81. The molecule has 1 aromatic heterocycles. The van der Waals surface area contributed by atoms with Gasteiger partial charge >= 0.3 is 5.97 Å². The second kappa shape index (κ2) is 6.39. The molecule has 21 heavy (non-hydrogen) atoms. The monoisotopic (exact) mass is 284 g/mol. The van der Waals surface area contributed by atoms with Crippen molar-refractivity contribution >= 4 is 17.5 Å². The van der Waals surface area contributed by atoms with Crippen LogP contribution in [0.1, 0.15) is 35.5 Å². The standard InChI is InChI=1S/C17H20N2O2/c1-4-14-10-13(17(20)21)11-16(18-14)19(5-2)15-9-7-6-8-12(15)3/h6-11H,4-5H2,1-3H3,(H,20,21). The molecule has 0 aliphatic heterocycles. The van der Waals surface area contributed by atoms with Crippen LogP contribution in [0, 0.1) is 6.92 Å². The second-order valence-electron chi connectivity index (χ2n) is 4.89. The highest BCUT2D eigenvalue weighted by Gasteiger charge is 2.15. The van der Waals surface area contributed by atoms with Gasteiger partial charge < -0.3 is 10.0 Å². The molecule has 0 saturated carbocycles. The van der Waals surface area contributed by atoms with Crippen LogP contribution in [0.5, 0.6) is 0 Å². The average Bonchev–Trinajstić information content (AvgIpc) is 2.49. The van der Waals surface area contributed by atoms with Crippen LogP contribution in [0.2, 0.25) is 0 Å². The number of hydrogen-bond donors (Lipinski definition) is 1. The molecule has 0 amide bonds. The maximum absolute atomic E-state index is 11.3. The highest BCUT2D eigenvalue weighted by molar-refractivity contribution is 5.89. The molecule has 2 rings (SSSR count). The van der Waals surface area contributed by atoms with Crippen LogP contribution >= 0.6 is 0 Å². The third-order valence-electron chi connectivity index (χ3n) is 3.47. The van der Waals surface area contributed by atoms with Crippen molar-refractivity contribution in [3.8, 4) is 0 Å². The van der Waals surface area contributed by atoms with Gasteiger partial charge in [-0.25, -0.2) is 9.78 Å². The molecule has 110 valence electrons. The largest absolute Gasteiger partial charge is 0.478 e. The van der Waals surface area contributed by atoms with Crippen molar-refractivity contribution in [1.82, 2.24) is 4.98 Å². The van der Waals surface area contributed by atoms with E-state index < -0.39 is 5.97 Å². The van der Waals surface area contributed by atoms with E-state index in [-0.39, 0.29) is 5.56 Å². The van der Waals surface area contributed by atoms with E-state index in [0.29, 0.717) is 12.2 Å². The molecule has 0 atom stereocenters. The number of benzene rings is 1. The lowest BCUT2D eigenvalue weighted by molar-refractivity contribution is 0.0696. The summed E-state index contributed by atoms with van der Waals surface area (Å²) in [6, 6.07) is 11.3. The molecular weight excluding hydrogens is 264 g/mol. The summed E-state index contributed by atoms with van der Waals surface area (Å²) in [4.78, 5) is 17.9. The molecule has 0 radical (unpaired) electrons. The van der Waals surface area contributed by atoms with Crippen molar-refractivity contribution in [2.45, 2.75) is 27.2 Å². The molecule has 0 spiro atoms. The molecule has 0 aliphatic rings. The van der Waals surface area contributed by atoms with Gasteiger partial charge in [0.1, 0.15) is 5.82 Å². The van der Waals surface area contributed by atoms with Crippen LogP contribution in [-0.2, 0) is 6.42 Å². The van der Waals surface area contributed by atoms with Gasteiger partial charge in [-0.2, -0.15) is 0 Å². The Balaban J connectivity index is 2.54. The molecule has 0 saturated heterocycles. The van der Waals surface area contributed by atoms with Crippen LogP contribution in [0.25, 0.3) is 0 Å². The van der Waals surface area contributed by atoms with E-state index in [1.807, 2.05) is 49.9 Å². The smallest absolute Gasteiger partial charge is 0.335 e. The fraction of sp³-hybridized carbons (Fsp3) is 0.294. The van der Waals surface area contributed by atoms with Gasteiger partial charge in [0.2, 0.25) is 0 Å². The summed E-state index contributed by atoms with van der Waals surface area (Å²) in [5.74, 6) is -0.238. The molecule has 0 unspecified atom stereocenters. The number of anilines is 2. The summed E-state index contributed by atoms with van der Waals surface area (Å²) in [6.45, 7) is 6.78. The van der Waals surface area contributed by atoms with Gasteiger partial charge in [-0.1, -0.05) is 25.1 Å². The Hall–Kier alpha value is -2.36. The molecule has 1 heterocycles. The summed E-state index contributed by atoms with van der Waals surface area (Å²) in [6.07, 6.45) is 0.708. The molecule has 2 aromatic rings. The zero-order chi connectivity index (χ0) is 15.4. The van der Waals surface area contributed by atoms with E-state index in [0.717, 1.165) is 23.5 Å². The van der Waals surface area contributed by atoms with Crippen LogP contribution in [0.15, 0.2) is 36.4 Å². The Morgan fingerprint density at radius 1 is 1.24 bits per heavy atom. The van der Waals surface area contributed by atoms with Crippen molar-refractivity contribution < 1.29 is 9.90 Å². The van der Waals surface area contributed by atoms with Gasteiger partial charge in [-0.15, -0.1) is 0 Å². The summed E-state index contributed by atoms with van der Waals surface area (Å²) in [5.41, 5.74) is 3.26. The highest BCUT2D eigenvalue weighted by Crippen LogP contribution is 2.27. The van der Waals surface area contributed by atoms with Crippen LogP contribution in [-0.4, -0.2) is 22.6 Å². The lowest BCUT2D eigenvalue weighted by Crippen LogP contribution is -2.19. The van der Waals surface area contributed by atoms with Crippen molar-refractivity contribution in [3.05, 3.63) is 53.2 Å². The lowest BCUT2D eigenvalue weighted by Gasteiger charge is -2.24. The molecule has 0 fully saturated rings. The third kappa shape index (κ3) is 3.21. The summed E-state index contributed by atoms with van der Waals surface area (Å²) >= 11 is 0.